The van der Waals surface area contributed by atoms with Crippen molar-refractivity contribution in [1.29, 1.82) is 0 Å². The second-order valence-electron chi connectivity index (χ2n) is 3.10. The van der Waals surface area contributed by atoms with Gasteiger partial charge in [-0.05, 0) is 12.2 Å². The number of nitrogens with zero attached hydrogens (tertiary/aromatic N) is 2. The van der Waals surface area contributed by atoms with Crippen molar-refractivity contribution >= 4 is 12.2 Å². The van der Waals surface area contributed by atoms with E-state index in [1.807, 2.05) is 0 Å². The highest BCUT2D eigenvalue weighted by Crippen LogP contribution is 2.21. The van der Waals surface area contributed by atoms with E-state index in [-0.39, 0.29) is 0 Å². The molecule has 0 atom stereocenters. The van der Waals surface area contributed by atoms with Gasteiger partial charge in [0.25, 0.3) is 0 Å². The fourth-order valence-corrected chi connectivity index (χ4v) is 1.67. The average molecular weight is 156 g/mol. The van der Waals surface area contributed by atoms with Crippen LogP contribution in [0.25, 0.3) is 12.2 Å². The van der Waals surface area contributed by atoms with Gasteiger partial charge in [0.05, 0.1) is 22.8 Å². The summed E-state index contributed by atoms with van der Waals surface area (Å²) in [5, 5.41) is 0. The summed E-state index contributed by atoms with van der Waals surface area (Å²) in [5.41, 5.74) is 4.38. The van der Waals surface area contributed by atoms with E-state index >= 15 is 0 Å². The third-order valence-corrected chi connectivity index (χ3v) is 2.28. The quantitative estimate of drug-likeness (QED) is 0.570. The van der Waals surface area contributed by atoms with Crippen LogP contribution in [0.2, 0.25) is 0 Å². The van der Waals surface area contributed by atoms with Crippen LogP contribution in [-0.4, -0.2) is 9.97 Å². The van der Waals surface area contributed by atoms with Crippen LogP contribution in [0.1, 0.15) is 22.8 Å². The van der Waals surface area contributed by atoms with Crippen LogP contribution in [-0.2, 0) is 12.8 Å². The van der Waals surface area contributed by atoms with E-state index in [0.29, 0.717) is 0 Å². The van der Waals surface area contributed by atoms with Crippen LogP contribution in [0.4, 0.5) is 0 Å². The molecule has 1 aromatic heterocycles. The van der Waals surface area contributed by atoms with Crippen molar-refractivity contribution in [3.05, 3.63) is 34.9 Å². The molecule has 0 fully saturated rings. The molecule has 0 spiro atoms. The lowest BCUT2D eigenvalue weighted by Gasteiger charge is -2.01. The van der Waals surface area contributed by atoms with Crippen molar-refractivity contribution in [2.75, 3.05) is 0 Å². The Labute approximate surface area is 70.7 Å². The highest BCUT2D eigenvalue weighted by atomic mass is 14.9. The molecule has 0 saturated heterocycles. The first-order chi connectivity index (χ1) is 5.93. The van der Waals surface area contributed by atoms with Gasteiger partial charge >= 0.3 is 0 Å². The zero-order valence-corrected chi connectivity index (χ0v) is 6.62. The largest absolute Gasteiger partial charge is 0.249 e. The predicted molar refractivity (Wildman–Crippen MR) is 47.5 cm³/mol. The Kier molecular flexibility index (Phi) is 1.04. The summed E-state index contributed by atoms with van der Waals surface area (Å²) in [7, 11) is 0. The Morgan fingerprint density at radius 1 is 0.833 bits per heavy atom. The second-order valence-corrected chi connectivity index (χ2v) is 3.10. The monoisotopic (exact) mass is 156 g/mol. The standard InChI is InChI=1S/C10H8N2/c1-3-7-8(4-1)12-10-6-2-5-9(10)11-7/h1-3,6H,4-5H2. The van der Waals surface area contributed by atoms with Gasteiger partial charge in [0.15, 0.2) is 0 Å². The molecule has 2 heteroatoms. The van der Waals surface area contributed by atoms with Gasteiger partial charge in [-0.2, -0.15) is 0 Å². The lowest BCUT2D eigenvalue weighted by molar-refractivity contribution is 1.00. The Balaban J connectivity index is 2.26. The molecule has 1 heterocycles. The third kappa shape index (κ3) is 0.694. The van der Waals surface area contributed by atoms with Gasteiger partial charge in [-0.25, -0.2) is 9.97 Å². The minimum absolute atomic E-state index is 0.948. The topological polar surface area (TPSA) is 25.8 Å². The molecule has 0 saturated carbocycles. The lowest BCUT2D eigenvalue weighted by Crippen LogP contribution is -1.98. The normalized spacial score (nSPS) is 16.7. The Hall–Kier alpha value is -1.44. The summed E-state index contributed by atoms with van der Waals surface area (Å²) >= 11 is 0. The molecular weight excluding hydrogens is 148 g/mol. The van der Waals surface area contributed by atoms with Crippen LogP contribution < -0.4 is 0 Å². The predicted octanol–water partition coefficient (Wildman–Crippen LogP) is 1.62. The molecule has 0 bridgehead atoms. The van der Waals surface area contributed by atoms with E-state index in [2.05, 4.69) is 34.3 Å². The number of hydrogen-bond acceptors (Lipinski definition) is 2. The summed E-state index contributed by atoms with van der Waals surface area (Å²) in [6, 6.07) is 0. The first-order valence-electron chi connectivity index (χ1n) is 4.16. The molecule has 1 aromatic rings. The van der Waals surface area contributed by atoms with E-state index in [1.165, 1.54) is 0 Å². The van der Waals surface area contributed by atoms with Crippen molar-refractivity contribution in [2.45, 2.75) is 12.8 Å². The Bertz CT molecular complexity index is 363. The number of aromatic nitrogens is 2. The van der Waals surface area contributed by atoms with Gasteiger partial charge in [-0.1, -0.05) is 12.2 Å². The first-order valence-corrected chi connectivity index (χ1v) is 4.16. The van der Waals surface area contributed by atoms with Gasteiger partial charge in [-0.3, -0.25) is 0 Å². The first kappa shape index (κ1) is 6.12. The summed E-state index contributed by atoms with van der Waals surface area (Å²) in [6.45, 7) is 0. The van der Waals surface area contributed by atoms with Crippen LogP contribution in [0.3, 0.4) is 0 Å². The van der Waals surface area contributed by atoms with Gasteiger partial charge in [-0.15, -0.1) is 0 Å². The van der Waals surface area contributed by atoms with Crippen molar-refractivity contribution in [3.63, 3.8) is 0 Å². The molecule has 3 rings (SSSR count). The van der Waals surface area contributed by atoms with Crippen molar-refractivity contribution in [3.8, 4) is 0 Å². The lowest BCUT2D eigenvalue weighted by atomic mass is 10.3. The fourth-order valence-electron chi connectivity index (χ4n) is 1.67. The molecule has 0 aromatic carbocycles. The minimum atomic E-state index is 0.948. The highest BCUT2D eigenvalue weighted by Gasteiger charge is 2.14. The maximum absolute atomic E-state index is 4.52. The fraction of sp³-hybridized carbons (Fsp3) is 0.200. The van der Waals surface area contributed by atoms with Gasteiger partial charge in [0.2, 0.25) is 0 Å². The Morgan fingerprint density at radius 3 is 1.83 bits per heavy atom. The molecule has 12 heavy (non-hydrogen) atoms. The van der Waals surface area contributed by atoms with Gasteiger partial charge in [0, 0.05) is 12.8 Å². The summed E-state index contributed by atoms with van der Waals surface area (Å²) < 4.78 is 0. The molecule has 0 N–H and O–H groups in total. The molecule has 2 nitrogen and oxygen atoms in total. The summed E-state index contributed by atoms with van der Waals surface area (Å²) in [5.74, 6) is 0. The SMILES string of the molecule is C1=Cc2nc3c(nc2C1)C=CC3. The maximum atomic E-state index is 4.52. The number of fused-ring (bicyclic) bond motifs is 2. The maximum Gasteiger partial charge on any atom is 0.0849 e. The van der Waals surface area contributed by atoms with Crippen molar-refractivity contribution < 1.29 is 0 Å². The molecule has 0 amide bonds. The average Bonchev–Trinajstić information content (AvgIpc) is 2.64. The number of hydrogen-bond donors (Lipinski definition) is 0. The van der Waals surface area contributed by atoms with E-state index in [0.717, 1.165) is 35.6 Å². The molecule has 58 valence electrons. The minimum Gasteiger partial charge on any atom is -0.249 e. The van der Waals surface area contributed by atoms with Crippen molar-refractivity contribution in [2.24, 2.45) is 0 Å². The van der Waals surface area contributed by atoms with E-state index in [4.69, 9.17) is 0 Å². The zero-order chi connectivity index (χ0) is 7.97. The molecule has 0 unspecified atom stereocenters. The van der Waals surface area contributed by atoms with Crippen LogP contribution in [0, 0.1) is 0 Å². The van der Waals surface area contributed by atoms with E-state index in [9.17, 15) is 0 Å². The summed E-state index contributed by atoms with van der Waals surface area (Å²) in [6.07, 6.45) is 10.2. The van der Waals surface area contributed by atoms with Crippen LogP contribution in [0.5, 0.6) is 0 Å². The molecule has 2 aliphatic rings. The molecule has 0 radical (unpaired) electrons. The highest BCUT2D eigenvalue weighted by molar-refractivity contribution is 5.60. The number of rotatable bonds is 0. The molecular formula is C10H8N2. The zero-order valence-electron chi connectivity index (χ0n) is 6.62. The van der Waals surface area contributed by atoms with Crippen LogP contribution >= 0.6 is 0 Å². The van der Waals surface area contributed by atoms with E-state index in [1.54, 1.807) is 0 Å². The van der Waals surface area contributed by atoms with E-state index < -0.39 is 0 Å². The van der Waals surface area contributed by atoms with Gasteiger partial charge in [0.1, 0.15) is 0 Å². The smallest absolute Gasteiger partial charge is 0.0849 e. The second kappa shape index (κ2) is 2.03. The Morgan fingerprint density at radius 2 is 1.33 bits per heavy atom. The summed E-state index contributed by atoms with van der Waals surface area (Å²) in [4.78, 5) is 9.04. The van der Waals surface area contributed by atoms with Gasteiger partial charge < -0.3 is 0 Å². The number of allylic oxidation sites excluding steroid dienone is 2. The molecule has 0 aliphatic heterocycles. The van der Waals surface area contributed by atoms with Crippen molar-refractivity contribution in [1.82, 2.24) is 9.97 Å². The van der Waals surface area contributed by atoms with Crippen LogP contribution in [0.15, 0.2) is 12.2 Å². The molecule has 2 aliphatic carbocycles. The third-order valence-electron chi connectivity index (χ3n) is 2.28.